The van der Waals surface area contributed by atoms with Crippen LogP contribution in [0.1, 0.15) is 11.4 Å². The van der Waals surface area contributed by atoms with Crippen molar-refractivity contribution in [2.24, 2.45) is 0 Å². The molecule has 0 aliphatic carbocycles. The number of aromatic amines is 1. The van der Waals surface area contributed by atoms with E-state index in [9.17, 15) is 8.42 Å². The van der Waals surface area contributed by atoms with Crippen LogP contribution in [0.2, 0.25) is 0 Å². The highest BCUT2D eigenvalue weighted by Gasteiger charge is 2.29. The molecule has 0 aliphatic rings. The van der Waals surface area contributed by atoms with E-state index in [4.69, 9.17) is 9.47 Å². The standard InChI is InChI=1S/C11H21N3O4S/c1-9-11(10(2)13-12-9)19(15,16)14(5-7-17-3)6-8-18-4/h5-8H2,1-4H3,(H,12,13). The lowest BCUT2D eigenvalue weighted by molar-refractivity contribution is 0.150. The summed E-state index contributed by atoms with van der Waals surface area (Å²) >= 11 is 0. The van der Waals surface area contributed by atoms with Crippen LogP contribution in [0, 0.1) is 13.8 Å². The molecule has 0 aliphatic heterocycles. The number of aryl methyl sites for hydroxylation is 2. The predicted octanol–water partition coefficient (Wildman–Crippen LogP) is 0.310. The number of methoxy groups -OCH3 is 2. The molecule has 0 spiro atoms. The van der Waals surface area contributed by atoms with Gasteiger partial charge in [-0.1, -0.05) is 0 Å². The van der Waals surface area contributed by atoms with Crippen LogP contribution in [0.3, 0.4) is 0 Å². The third-order valence-electron chi connectivity index (χ3n) is 2.75. The number of hydrogen-bond donors (Lipinski definition) is 1. The molecule has 0 unspecified atom stereocenters. The molecule has 0 fully saturated rings. The minimum atomic E-state index is -3.58. The zero-order valence-electron chi connectivity index (χ0n) is 11.8. The maximum absolute atomic E-state index is 12.6. The molecule has 0 aromatic carbocycles. The molecule has 8 heteroatoms. The van der Waals surface area contributed by atoms with E-state index in [0.717, 1.165) is 0 Å². The Labute approximate surface area is 113 Å². The van der Waals surface area contributed by atoms with Gasteiger partial charge in [0.05, 0.1) is 24.6 Å². The Hall–Kier alpha value is -0.960. The molecule has 1 aromatic heterocycles. The average molecular weight is 291 g/mol. The van der Waals surface area contributed by atoms with Crippen LogP contribution < -0.4 is 0 Å². The third-order valence-corrected chi connectivity index (χ3v) is 4.91. The van der Waals surface area contributed by atoms with Crippen LogP contribution in [-0.2, 0) is 19.5 Å². The number of H-pyrrole nitrogens is 1. The fourth-order valence-corrected chi connectivity index (χ4v) is 3.53. The molecule has 1 heterocycles. The lowest BCUT2D eigenvalue weighted by Gasteiger charge is -2.21. The molecule has 1 rings (SSSR count). The van der Waals surface area contributed by atoms with Gasteiger partial charge in [0.25, 0.3) is 0 Å². The fourth-order valence-electron chi connectivity index (χ4n) is 1.79. The smallest absolute Gasteiger partial charge is 0.246 e. The Morgan fingerprint density at radius 1 is 1.16 bits per heavy atom. The minimum Gasteiger partial charge on any atom is -0.383 e. The van der Waals surface area contributed by atoms with Gasteiger partial charge in [0, 0.05) is 27.3 Å². The van der Waals surface area contributed by atoms with Gasteiger partial charge in [-0.15, -0.1) is 0 Å². The van der Waals surface area contributed by atoms with Gasteiger partial charge >= 0.3 is 0 Å². The van der Waals surface area contributed by atoms with Gasteiger partial charge in [-0.3, -0.25) is 5.10 Å². The van der Waals surface area contributed by atoms with Gasteiger partial charge < -0.3 is 9.47 Å². The average Bonchev–Trinajstić information content (AvgIpc) is 2.69. The molecule has 0 saturated heterocycles. The van der Waals surface area contributed by atoms with Crippen molar-refractivity contribution in [3.05, 3.63) is 11.4 Å². The van der Waals surface area contributed by atoms with Crippen LogP contribution in [0.4, 0.5) is 0 Å². The van der Waals surface area contributed by atoms with Crippen molar-refractivity contribution >= 4 is 10.0 Å². The van der Waals surface area contributed by atoms with E-state index < -0.39 is 10.0 Å². The Kier molecular flexibility index (Phi) is 5.92. The first-order valence-corrected chi connectivity index (χ1v) is 7.38. The monoisotopic (exact) mass is 291 g/mol. The molecule has 1 N–H and O–H groups in total. The summed E-state index contributed by atoms with van der Waals surface area (Å²) in [7, 11) is -0.510. The van der Waals surface area contributed by atoms with Crippen LogP contribution >= 0.6 is 0 Å². The predicted molar refractivity (Wildman–Crippen MR) is 70.6 cm³/mol. The summed E-state index contributed by atoms with van der Waals surface area (Å²) in [5, 5.41) is 6.62. The highest BCUT2D eigenvalue weighted by molar-refractivity contribution is 7.89. The van der Waals surface area contributed by atoms with Crippen LogP contribution in [-0.4, -0.2) is 63.4 Å². The normalized spacial score (nSPS) is 12.3. The summed E-state index contributed by atoms with van der Waals surface area (Å²) in [5.74, 6) is 0. The lowest BCUT2D eigenvalue weighted by Crippen LogP contribution is -2.36. The van der Waals surface area contributed by atoms with E-state index >= 15 is 0 Å². The number of rotatable bonds is 8. The van der Waals surface area contributed by atoms with Gasteiger partial charge in [0.1, 0.15) is 4.90 Å². The first kappa shape index (κ1) is 16.1. The zero-order chi connectivity index (χ0) is 14.5. The topological polar surface area (TPSA) is 84.5 Å². The zero-order valence-corrected chi connectivity index (χ0v) is 12.6. The summed E-state index contributed by atoms with van der Waals surface area (Å²) in [4.78, 5) is 0.236. The fraction of sp³-hybridized carbons (Fsp3) is 0.727. The number of aromatic nitrogens is 2. The molecular formula is C11H21N3O4S. The minimum absolute atomic E-state index is 0.236. The van der Waals surface area contributed by atoms with Crippen molar-refractivity contribution in [3.63, 3.8) is 0 Å². The van der Waals surface area contributed by atoms with E-state index in [1.807, 2.05) is 0 Å². The van der Waals surface area contributed by atoms with Gasteiger partial charge in [-0.25, -0.2) is 8.42 Å². The molecule has 0 bridgehead atoms. The third kappa shape index (κ3) is 3.75. The summed E-state index contributed by atoms with van der Waals surface area (Å²) in [6.45, 7) is 4.59. The van der Waals surface area contributed by atoms with E-state index in [1.165, 1.54) is 18.5 Å². The molecule has 0 saturated carbocycles. The van der Waals surface area contributed by atoms with Crippen molar-refractivity contribution in [3.8, 4) is 0 Å². The lowest BCUT2D eigenvalue weighted by atomic mass is 10.4. The van der Waals surface area contributed by atoms with E-state index in [2.05, 4.69) is 10.2 Å². The second-order valence-electron chi connectivity index (χ2n) is 4.15. The van der Waals surface area contributed by atoms with Gasteiger partial charge in [0.15, 0.2) is 0 Å². The second kappa shape index (κ2) is 6.99. The molecular weight excluding hydrogens is 270 g/mol. The van der Waals surface area contributed by atoms with E-state index in [-0.39, 0.29) is 18.0 Å². The Morgan fingerprint density at radius 2 is 1.68 bits per heavy atom. The summed E-state index contributed by atoms with van der Waals surface area (Å²) in [6, 6.07) is 0. The van der Waals surface area contributed by atoms with Crippen molar-refractivity contribution in [1.82, 2.24) is 14.5 Å². The quantitative estimate of drug-likeness (QED) is 0.745. The highest BCUT2D eigenvalue weighted by Crippen LogP contribution is 2.21. The largest absolute Gasteiger partial charge is 0.383 e. The van der Waals surface area contributed by atoms with E-state index in [1.54, 1.807) is 13.8 Å². The van der Waals surface area contributed by atoms with Crippen molar-refractivity contribution < 1.29 is 17.9 Å². The Morgan fingerprint density at radius 3 is 2.05 bits per heavy atom. The molecule has 19 heavy (non-hydrogen) atoms. The number of ether oxygens (including phenoxy) is 2. The van der Waals surface area contributed by atoms with Crippen LogP contribution in [0.5, 0.6) is 0 Å². The maximum atomic E-state index is 12.6. The summed E-state index contributed by atoms with van der Waals surface area (Å²) < 4.78 is 36.5. The van der Waals surface area contributed by atoms with Gasteiger partial charge in [0.2, 0.25) is 10.0 Å². The van der Waals surface area contributed by atoms with E-state index in [0.29, 0.717) is 24.6 Å². The van der Waals surface area contributed by atoms with Crippen molar-refractivity contribution in [2.75, 3.05) is 40.5 Å². The first-order valence-electron chi connectivity index (χ1n) is 5.94. The highest BCUT2D eigenvalue weighted by atomic mass is 32.2. The number of hydrogen-bond acceptors (Lipinski definition) is 5. The SMILES string of the molecule is COCCN(CCOC)S(=O)(=O)c1c(C)n[nH]c1C. The molecule has 1 aromatic rings. The summed E-state index contributed by atoms with van der Waals surface area (Å²) in [6.07, 6.45) is 0. The molecule has 7 nitrogen and oxygen atoms in total. The van der Waals surface area contributed by atoms with Gasteiger partial charge in [-0.05, 0) is 13.8 Å². The molecule has 0 atom stereocenters. The summed E-state index contributed by atoms with van der Waals surface area (Å²) in [5.41, 5.74) is 1.01. The van der Waals surface area contributed by atoms with Gasteiger partial charge in [-0.2, -0.15) is 9.40 Å². The molecule has 0 radical (unpaired) electrons. The maximum Gasteiger partial charge on any atom is 0.246 e. The second-order valence-corrected chi connectivity index (χ2v) is 6.03. The van der Waals surface area contributed by atoms with Crippen LogP contribution in [0.15, 0.2) is 4.90 Å². The first-order chi connectivity index (χ1) is 8.95. The molecule has 0 amide bonds. The van der Waals surface area contributed by atoms with Crippen LogP contribution in [0.25, 0.3) is 0 Å². The molecule has 110 valence electrons. The van der Waals surface area contributed by atoms with Crippen molar-refractivity contribution in [2.45, 2.75) is 18.7 Å². The Balaban J connectivity index is 3.04. The number of nitrogens with zero attached hydrogens (tertiary/aromatic N) is 2. The Bertz CT molecular complexity index is 471. The number of sulfonamides is 1. The van der Waals surface area contributed by atoms with Crippen molar-refractivity contribution in [1.29, 1.82) is 0 Å². The number of nitrogens with one attached hydrogen (secondary N) is 1.